The van der Waals surface area contributed by atoms with Crippen LogP contribution in [0.3, 0.4) is 0 Å². The number of rotatable bonds is 2. The van der Waals surface area contributed by atoms with Gasteiger partial charge in [-0.05, 0) is 29.3 Å². The summed E-state index contributed by atoms with van der Waals surface area (Å²) in [5, 5.41) is 0. The van der Waals surface area contributed by atoms with Crippen molar-refractivity contribution in [3.05, 3.63) is 65.5 Å². The molecule has 3 rings (SSSR count). The van der Waals surface area contributed by atoms with Crippen LogP contribution in [0, 0.1) is 5.82 Å². The van der Waals surface area contributed by atoms with Crippen LogP contribution >= 0.6 is 0 Å². The quantitative estimate of drug-likeness (QED) is 0.877. The first-order valence-electron chi connectivity index (χ1n) is 6.08. The Labute approximate surface area is 106 Å². The molecule has 0 aromatic heterocycles. The smallest absolute Gasteiger partial charge is 0.123 e. The number of nitrogens with two attached hydrogens (primary N) is 1. The zero-order chi connectivity index (χ0) is 12.5. The molecule has 3 heteroatoms. The summed E-state index contributed by atoms with van der Waals surface area (Å²) in [4.78, 5) is 2.20. The van der Waals surface area contributed by atoms with Gasteiger partial charge in [0.05, 0.1) is 0 Å². The highest BCUT2D eigenvalue weighted by atomic mass is 19.1. The van der Waals surface area contributed by atoms with Crippen LogP contribution < -0.4 is 10.6 Å². The zero-order valence-corrected chi connectivity index (χ0v) is 10.0. The molecule has 0 bridgehead atoms. The molecule has 92 valence electrons. The number of fused-ring (bicyclic) bond motifs is 1. The third-order valence-electron chi connectivity index (χ3n) is 3.36. The maximum atomic E-state index is 13.2. The fraction of sp³-hybridized carbons (Fsp3) is 0.200. The number of anilines is 1. The van der Waals surface area contributed by atoms with Gasteiger partial charge in [-0.1, -0.05) is 30.3 Å². The predicted molar refractivity (Wildman–Crippen MR) is 70.8 cm³/mol. The summed E-state index contributed by atoms with van der Waals surface area (Å²) in [6.07, 6.45) is 0. The Morgan fingerprint density at radius 3 is 2.72 bits per heavy atom. The summed E-state index contributed by atoms with van der Waals surface area (Å²) in [5.74, 6) is -0.217. The molecular formula is C15H15FN2. The molecule has 1 aliphatic rings. The minimum Gasteiger partial charge on any atom is -0.365 e. The molecule has 0 saturated carbocycles. The fourth-order valence-corrected chi connectivity index (χ4v) is 2.50. The lowest BCUT2D eigenvalue weighted by Crippen LogP contribution is -2.23. The molecule has 2 nitrogen and oxygen atoms in total. The van der Waals surface area contributed by atoms with E-state index in [1.54, 1.807) is 6.07 Å². The topological polar surface area (TPSA) is 29.3 Å². The van der Waals surface area contributed by atoms with Crippen molar-refractivity contribution in [1.82, 2.24) is 0 Å². The molecule has 18 heavy (non-hydrogen) atoms. The van der Waals surface area contributed by atoms with Gasteiger partial charge in [-0.3, -0.25) is 0 Å². The molecule has 0 aliphatic carbocycles. The Bertz CT molecular complexity index is 554. The molecule has 2 N–H and O–H groups in total. The average molecular weight is 242 g/mol. The maximum Gasteiger partial charge on any atom is 0.123 e. The Balaban J connectivity index is 1.89. The van der Waals surface area contributed by atoms with Gasteiger partial charge in [0.1, 0.15) is 5.82 Å². The van der Waals surface area contributed by atoms with Gasteiger partial charge >= 0.3 is 0 Å². The fourth-order valence-electron chi connectivity index (χ4n) is 2.50. The molecule has 0 spiro atoms. The number of nitrogens with zero attached hydrogens (tertiary/aromatic N) is 1. The molecule has 0 unspecified atom stereocenters. The molecule has 2 aromatic rings. The number of benzene rings is 2. The monoisotopic (exact) mass is 242 g/mol. The molecule has 0 amide bonds. The molecular weight excluding hydrogens is 227 g/mol. The van der Waals surface area contributed by atoms with E-state index in [0.29, 0.717) is 0 Å². The van der Waals surface area contributed by atoms with Crippen LogP contribution in [0.2, 0.25) is 0 Å². The second-order valence-electron chi connectivity index (χ2n) is 4.68. The lowest BCUT2D eigenvalue weighted by Gasteiger charge is -2.19. The first-order valence-corrected chi connectivity index (χ1v) is 6.08. The molecule has 1 heterocycles. The summed E-state index contributed by atoms with van der Waals surface area (Å²) in [6.45, 7) is 1.56. The van der Waals surface area contributed by atoms with Crippen molar-refractivity contribution in [2.75, 3.05) is 11.4 Å². The summed E-state index contributed by atoms with van der Waals surface area (Å²) in [6, 6.07) is 15.0. The highest BCUT2D eigenvalue weighted by molar-refractivity contribution is 5.60. The van der Waals surface area contributed by atoms with Crippen LogP contribution in [0.5, 0.6) is 0 Å². The number of hydrogen-bond acceptors (Lipinski definition) is 2. The van der Waals surface area contributed by atoms with Gasteiger partial charge in [0.2, 0.25) is 0 Å². The molecule has 0 radical (unpaired) electrons. The van der Waals surface area contributed by atoms with Gasteiger partial charge in [0, 0.05) is 24.8 Å². The standard InChI is InChI=1S/C15H15FN2/c16-12-6-7-15-13(8-12)14(17)10-18(15)9-11-4-2-1-3-5-11/h1-8,14H,9-10,17H2/t14-/m1/s1. The lowest BCUT2D eigenvalue weighted by atomic mass is 10.1. The van der Waals surface area contributed by atoms with E-state index in [0.717, 1.165) is 24.3 Å². The van der Waals surface area contributed by atoms with E-state index in [-0.39, 0.29) is 11.9 Å². The SMILES string of the molecule is N[C@@H]1CN(Cc2ccccc2)c2ccc(F)cc21. The van der Waals surface area contributed by atoms with Gasteiger partial charge in [-0.15, -0.1) is 0 Å². The third kappa shape index (κ3) is 1.97. The molecule has 2 aromatic carbocycles. The van der Waals surface area contributed by atoms with Crippen molar-refractivity contribution in [3.8, 4) is 0 Å². The first kappa shape index (κ1) is 11.2. The summed E-state index contributed by atoms with van der Waals surface area (Å²) >= 11 is 0. The van der Waals surface area contributed by atoms with Gasteiger partial charge < -0.3 is 10.6 Å². The van der Waals surface area contributed by atoms with Gasteiger partial charge in [-0.25, -0.2) is 4.39 Å². The van der Waals surface area contributed by atoms with Crippen LogP contribution in [-0.4, -0.2) is 6.54 Å². The van der Waals surface area contributed by atoms with Crippen LogP contribution in [0.4, 0.5) is 10.1 Å². The van der Waals surface area contributed by atoms with E-state index in [4.69, 9.17) is 5.73 Å². The van der Waals surface area contributed by atoms with Crippen LogP contribution in [0.1, 0.15) is 17.2 Å². The van der Waals surface area contributed by atoms with Gasteiger partial charge in [-0.2, -0.15) is 0 Å². The molecule has 0 saturated heterocycles. The minimum absolute atomic E-state index is 0.0978. The third-order valence-corrected chi connectivity index (χ3v) is 3.36. The Kier molecular flexibility index (Phi) is 2.76. The number of hydrogen-bond donors (Lipinski definition) is 1. The van der Waals surface area contributed by atoms with E-state index < -0.39 is 0 Å². The molecule has 1 atom stereocenters. The summed E-state index contributed by atoms with van der Waals surface area (Å²) < 4.78 is 13.2. The second kappa shape index (κ2) is 4.42. The van der Waals surface area contributed by atoms with Crippen LogP contribution in [-0.2, 0) is 6.54 Å². The highest BCUT2D eigenvalue weighted by Gasteiger charge is 2.26. The average Bonchev–Trinajstić information content (AvgIpc) is 2.67. The van der Waals surface area contributed by atoms with E-state index in [1.807, 2.05) is 24.3 Å². The van der Waals surface area contributed by atoms with E-state index in [9.17, 15) is 4.39 Å². The van der Waals surface area contributed by atoms with E-state index in [2.05, 4.69) is 17.0 Å². The van der Waals surface area contributed by atoms with Crippen molar-refractivity contribution in [2.24, 2.45) is 5.73 Å². The normalized spacial score (nSPS) is 17.9. The van der Waals surface area contributed by atoms with E-state index >= 15 is 0 Å². The first-order chi connectivity index (χ1) is 8.74. The Morgan fingerprint density at radius 2 is 1.94 bits per heavy atom. The second-order valence-corrected chi connectivity index (χ2v) is 4.68. The minimum atomic E-state index is -0.217. The summed E-state index contributed by atoms with van der Waals surface area (Å²) in [5.41, 5.74) is 9.25. The van der Waals surface area contributed by atoms with Crippen molar-refractivity contribution in [3.63, 3.8) is 0 Å². The van der Waals surface area contributed by atoms with Crippen molar-refractivity contribution in [2.45, 2.75) is 12.6 Å². The van der Waals surface area contributed by atoms with Crippen LogP contribution in [0.15, 0.2) is 48.5 Å². The van der Waals surface area contributed by atoms with Crippen molar-refractivity contribution >= 4 is 5.69 Å². The maximum absolute atomic E-state index is 13.2. The highest BCUT2D eigenvalue weighted by Crippen LogP contribution is 2.34. The predicted octanol–water partition coefficient (Wildman–Crippen LogP) is 2.85. The van der Waals surface area contributed by atoms with Crippen LogP contribution in [0.25, 0.3) is 0 Å². The van der Waals surface area contributed by atoms with E-state index in [1.165, 1.54) is 11.6 Å². The zero-order valence-electron chi connectivity index (χ0n) is 10.0. The molecule has 1 aliphatic heterocycles. The molecule has 0 fully saturated rings. The summed E-state index contributed by atoms with van der Waals surface area (Å²) in [7, 11) is 0. The lowest BCUT2D eigenvalue weighted by molar-refractivity contribution is 0.624. The largest absolute Gasteiger partial charge is 0.365 e. The van der Waals surface area contributed by atoms with Gasteiger partial charge in [0.15, 0.2) is 0 Å². The Morgan fingerprint density at radius 1 is 1.17 bits per heavy atom. The van der Waals surface area contributed by atoms with Crippen molar-refractivity contribution in [1.29, 1.82) is 0 Å². The number of halogens is 1. The van der Waals surface area contributed by atoms with Gasteiger partial charge in [0.25, 0.3) is 0 Å². The Hall–Kier alpha value is -1.87. The van der Waals surface area contributed by atoms with Crippen molar-refractivity contribution < 1.29 is 4.39 Å².